The van der Waals surface area contributed by atoms with Gasteiger partial charge in [0.05, 0.1) is 0 Å². The van der Waals surface area contributed by atoms with E-state index in [4.69, 9.17) is 5.73 Å². The van der Waals surface area contributed by atoms with Gasteiger partial charge in [-0.05, 0) is 70.1 Å². The quantitative estimate of drug-likeness (QED) is 0.349. The van der Waals surface area contributed by atoms with Crippen LogP contribution in [-0.4, -0.2) is 0 Å². The second-order valence-electron chi connectivity index (χ2n) is 6.99. The molecule has 0 spiro atoms. The van der Waals surface area contributed by atoms with Crippen LogP contribution in [0.5, 0.6) is 0 Å². The molecule has 134 valence electrons. The molecule has 28 heavy (non-hydrogen) atoms. The number of fused-ring (bicyclic) bond motifs is 2. The molecule has 0 saturated heterocycles. The van der Waals surface area contributed by atoms with Crippen molar-refractivity contribution >= 4 is 44.3 Å². The summed E-state index contributed by atoms with van der Waals surface area (Å²) in [7, 11) is 0. The predicted octanol–water partition coefficient (Wildman–Crippen LogP) is 7.05. The van der Waals surface area contributed by atoms with E-state index in [0.29, 0.717) is 0 Å². The number of nitrogen functional groups attached to an aromatic ring is 1. The zero-order valence-corrected chi connectivity index (χ0v) is 15.4. The number of nitrogens with zero attached hydrogens (tertiary/aromatic N) is 1. The van der Waals surface area contributed by atoms with E-state index in [-0.39, 0.29) is 0 Å². The molecule has 0 aliphatic heterocycles. The normalized spacial score (nSPS) is 11.0. The summed E-state index contributed by atoms with van der Waals surface area (Å²) in [5.74, 6) is 0. The molecule has 5 aromatic rings. The SMILES string of the molecule is Nc1ccc(N(c2ccc3ccccc3c2)c2ccc3ccccc3c2)cc1. The summed E-state index contributed by atoms with van der Waals surface area (Å²) in [6, 6.07) is 38.1. The van der Waals surface area contributed by atoms with E-state index in [2.05, 4.69) is 102 Å². The molecule has 0 radical (unpaired) electrons. The van der Waals surface area contributed by atoms with Crippen LogP contribution in [0.15, 0.2) is 109 Å². The summed E-state index contributed by atoms with van der Waals surface area (Å²) >= 11 is 0. The maximum absolute atomic E-state index is 5.93. The van der Waals surface area contributed by atoms with Crippen molar-refractivity contribution in [1.82, 2.24) is 0 Å². The average Bonchev–Trinajstić information content (AvgIpc) is 2.75. The summed E-state index contributed by atoms with van der Waals surface area (Å²) < 4.78 is 0. The van der Waals surface area contributed by atoms with Crippen LogP contribution in [0, 0.1) is 0 Å². The van der Waals surface area contributed by atoms with Gasteiger partial charge in [0.1, 0.15) is 0 Å². The first kappa shape index (κ1) is 16.4. The topological polar surface area (TPSA) is 29.3 Å². The highest BCUT2D eigenvalue weighted by molar-refractivity contribution is 5.92. The number of nitrogens with two attached hydrogens (primary N) is 1. The first-order valence-electron chi connectivity index (χ1n) is 9.41. The number of rotatable bonds is 3. The molecule has 0 aliphatic carbocycles. The van der Waals surface area contributed by atoms with Crippen molar-refractivity contribution in [1.29, 1.82) is 0 Å². The van der Waals surface area contributed by atoms with Gasteiger partial charge in [0.15, 0.2) is 0 Å². The van der Waals surface area contributed by atoms with Crippen molar-refractivity contribution in [2.75, 3.05) is 10.6 Å². The van der Waals surface area contributed by atoms with Crippen molar-refractivity contribution in [2.24, 2.45) is 0 Å². The molecule has 0 atom stereocenters. The monoisotopic (exact) mass is 360 g/mol. The summed E-state index contributed by atoms with van der Waals surface area (Å²) in [5.41, 5.74) is 10.0. The van der Waals surface area contributed by atoms with Gasteiger partial charge >= 0.3 is 0 Å². The van der Waals surface area contributed by atoms with Gasteiger partial charge in [0.2, 0.25) is 0 Å². The van der Waals surface area contributed by atoms with Gasteiger partial charge in [-0.3, -0.25) is 0 Å². The Kier molecular flexibility index (Phi) is 3.95. The zero-order chi connectivity index (χ0) is 18.9. The van der Waals surface area contributed by atoms with Crippen LogP contribution >= 0.6 is 0 Å². The molecule has 0 unspecified atom stereocenters. The van der Waals surface area contributed by atoms with Crippen molar-refractivity contribution in [3.8, 4) is 0 Å². The summed E-state index contributed by atoms with van der Waals surface area (Å²) in [6.45, 7) is 0. The fourth-order valence-electron chi connectivity index (χ4n) is 3.70. The Morgan fingerprint density at radius 1 is 0.429 bits per heavy atom. The van der Waals surface area contributed by atoms with E-state index >= 15 is 0 Å². The van der Waals surface area contributed by atoms with E-state index in [0.717, 1.165) is 22.7 Å². The third kappa shape index (κ3) is 2.95. The van der Waals surface area contributed by atoms with Crippen LogP contribution in [0.25, 0.3) is 21.5 Å². The maximum Gasteiger partial charge on any atom is 0.0468 e. The lowest BCUT2D eigenvalue weighted by atomic mass is 10.1. The molecule has 5 rings (SSSR count). The van der Waals surface area contributed by atoms with E-state index in [1.165, 1.54) is 21.5 Å². The molecule has 2 N–H and O–H groups in total. The minimum Gasteiger partial charge on any atom is -0.399 e. The molecular formula is C26H20N2. The first-order chi connectivity index (χ1) is 13.8. The van der Waals surface area contributed by atoms with Crippen molar-refractivity contribution < 1.29 is 0 Å². The Morgan fingerprint density at radius 3 is 1.36 bits per heavy atom. The minimum atomic E-state index is 0.765. The standard InChI is InChI=1S/C26H20N2/c27-23-11-15-24(16-12-23)28(25-13-9-19-5-1-3-7-21(19)17-25)26-14-10-20-6-2-4-8-22(20)18-26/h1-18H,27H2. The lowest BCUT2D eigenvalue weighted by Gasteiger charge is -2.26. The highest BCUT2D eigenvalue weighted by Crippen LogP contribution is 2.37. The fourth-order valence-corrected chi connectivity index (χ4v) is 3.70. The number of hydrogen-bond acceptors (Lipinski definition) is 2. The van der Waals surface area contributed by atoms with E-state index < -0.39 is 0 Å². The third-order valence-corrected chi connectivity index (χ3v) is 5.13. The van der Waals surface area contributed by atoms with Gasteiger partial charge < -0.3 is 10.6 Å². The second kappa shape index (κ2) is 6.75. The molecule has 0 saturated carbocycles. The van der Waals surface area contributed by atoms with Crippen LogP contribution < -0.4 is 10.6 Å². The number of anilines is 4. The smallest absolute Gasteiger partial charge is 0.0468 e. The Bertz CT molecular complexity index is 1190. The second-order valence-corrected chi connectivity index (χ2v) is 6.99. The molecule has 0 bridgehead atoms. The van der Waals surface area contributed by atoms with Gasteiger partial charge in [-0.2, -0.15) is 0 Å². The van der Waals surface area contributed by atoms with Gasteiger partial charge in [-0.25, -0.2) is 0 Å². The predicted molar refractivity (Wildman–Crippen MR) is 121 cm³/mol. The van der Waals surface area contributed by atoms with Crippen molar-refractivity contribution in [3.63, 3.8) is 0 Å². The molecule has 2 nitrogen and oxygen atoms in total. The minimum absolute atomic E-state index is 0.765. The van der Waals surface area contributed by atoms with E-state index in [9.17, 15) is 0 Å². The van der Waals surface area contributed by atoms with Crippen molar-refractivity contribution in [3.05, 3.63) is 109 Å². The summed E-state index contributed by atoms with van der Waals surface area (Å²) in [5, 5.41) is 4.92. The Hall–Kier alpha value is -3.78. The maximum atomic E-state index is 5.93. The average molecular weight is 360 g/mol. The van der Waals surface area contributed by atoms with E-state index in [1.807, 2.05) is 12.1 Å². The number of benzene rings is 5. The third-order valence-electron chi connectivity index (χ3n) is 5.13. The van der Waals surface area contributed by atoms with Gasteiger partial charge in [0.25, 0.3) is 0 Å². The zero-order valence-electron chi connectivity index (χ0n) is 15.4. The summed E-state index contributed by atoms with van der Waals surface area (Å²) in [6.07, 6.45) is 0. The van der Waals surface area contributed by atoms with Gasteiger partial charge in [0, 0.05) is 22.7 Å². The largest absolute Gasteiger partial charge is 0.399 e. The van der Waals surface area contributed by atoms with Gasteiger partial charge in [-0.1, -0.05) is 60.7 Å². The van der Waals surface area contributed by atoms with E-state index in [1.54, 1.807) is 0 Å². The van der Waals surface area contributed by atoms with Crippen molar-refractivity contribution in [2.45, 2.75) is 0 Å². The molecule has 0 amide bonds. The summed E-state index contributed by atoms with van der Waals surface area (Å²) in [4.78, 5) is 2.28. The molecule has 5 aromatic carbocycles. The molecule has 0 aliphatic rings. The van der Waals surface area contributed by atoms with Crippen LogP contribution in [0.3, 0.4) is 0 Å². The first-order valence-corrected chi connectivity index (χ1v) is 9.41. The lowest BCUT2D eigenvalue weighted by Crippen LogP contribution is -2.10. The highest BCUT2D eigenvalue weighted by Gasteiger charge is 2.13. The molecule has 0 heterocycles. The number of hydrogen-bond donors (Lipinski definition) is 1. The van der Waals surface area contributed by atoms with Crippen LogP contribution in [0.2, 0.25) is 0 Å². The molecular weight excluding hydrogens is 340 g/mol. The van der Waals surface area contributed by atoms with Crippen LogP contribution in [-0.2, 0) is 0 Å². The Labute approximate surface area is 164 Å². The lowest BCUT2D eigenvalue weighted by molar-refractivity contribution is 1.29. The molecule has 0 aromatic heterocycles. The molecule has 2 heteroatoms. The highest BCUT2D eigenvalue weighted by atomic mass is 15.1. The van der Waals surface area contributed by atoms with Gasteiger partial charge in [-0.15, -0.1) is 0 Å². The Morgan fingerprint density at radius 2 is 0.857 bits per heavy atom. The molecule has 0 fully saturated rings. The Balaban J connectivity index is 1.72. The van der Waals surface area contributed by atoms with Crippen LogP contribution in [0.1, 0.15) is 0 Å². The fraction of sp³-hybridized carbons (Fsp3) is 0. The van der Waals surface area contributed by atoms with Crippen LogP contribution in [0.4, 0.5) is 22.7 Å².